The molecule has 0 saturated heterocycles. The lowest BCUT2D eigenvalue weighted by Gasteiger charge is -2.13. The lowest BCUT2D eigenvalue weighted by molar-refractivity contribution is -0.275. The fourth-order valence-electron chi connectivity index (χ4n) is 1.26. The van der Waals surface area contributed by atoms with Gasteiger partial charge in [0, 0.05) is 6.20 Å². The van der Waals surface area contributed by atoms with E-state index in [1.54, 1.807) is 0 Å². The number of halogens is 3. The fourth-order valence-corrected chi connectivity index (χ4v) is 1.26. The molecule has 0 saturated carbocycles. The number of aromatic nitrogens is 1. The summed E-state index contributed by atoms with van der Waals surface area (Å²) in [4.78, 5) is 23.8. The fraction of sp³-hybridized carbons (Fsp3) is 0.333. The van der Waals surface area contributed by atoms with Gasteiger partial charge < -0.3 is 19.6 Å². The van der Waals surface area contributed by atoms with E-state index in [0.717, 1.165) is 13.3 Å². The van der Waals surface area contributed by atoms with Gasteiger partial charge in [-0.15, -0.1) is 13.2 Å². The Morgan fingerprint density at radius 3 is 2.56 bits per heavy atom. The maximum Gasteiger partial charge on any atom is 0.573 e. The van der Waals surface area contributed by atoms with Crippen molar-refractivity contribution in [2.45, 2.75) is 12.8 Å². The lowest BCUT2D eigenvalue weighted by atomic mass is 10.1. The summed E-state index contributed by atoms with van der Waals surface area (Å²) in [6.45, 7) is 0. The summed E-state index contributed by atoms with van der Waals surface area (Å²) < 4.78 is 44.5. The van der Waals surface area contributed by atoms with Crippen LogP contribution >= 0.6 is 0 Å². The summed E-state index contributed by atoms with van der Waals surface area (Å²) in [6, 6.07) is 0. The second-order valence-electron chi connectivity index (χ2n) is 3.11. The molecule has 2 N–H and O–H groups in total. The van der Waals surface area contributed by atoms with Gasteiger partial charge >= 0.3 is 12.3 Å². The van der Waals surface area contributed by atoms with E-state index < -0.39 is 35.6 Å². The largest absolute Gasteiger partial charge is 0.573 e. The van der Waals surface area contributed by atoms with E-state index in [1.165, 1.54) is 0 Å². The summed E-state index contributed by atoms with van der Waals surface area (Å²) in [6.07, 6.45) is -4.98. The number of alkyl halides is 3. The van der Waals surface area contributed by atoms with E-state index >= 15 is 0 Å². The Kier molecular flexibility index (Phi) is 3.84. The molecule has 0 radical (unpaired) electrons. The second-order valence-corrected chi connectivity index (χ2v) is 3.11. The minimum absolute atomic E-state index is 0.212. The molecule has 0 amide bonds. The van der Waals surface area contributed by atoms with Crippen molar-refractivity contribution in [2.75, 3.05) is 7.11 Å². The molecule has 1 aromatic rings. The summed E-state index contributed by atoms with van der Waals surface area (Å²) in [7, 11) is 1.12. The number of carboxylic acid groups (broad SMARTS) is 1. The topological polar surface area (TPSA) is 88.6 Å². The van der Waals surface area contributed by atoms with Crippen molar-refractivity contribution in [1.82, 2.24) is 4.98 Å². The molecule has 0 unspecified atom stereocenters. The number of carboxylic acids is 1. The summed E-state index contributed by atoms with van der Waals surface area (Å²) in [5.74, 6) is -2.77. The molecule has 100 valence electrons. The molecule has 18 heavy (non-hydrogen) atoms. The standard InChI is InChI=1S/C9H8F3NO5/c1-17-5-3-13-8(16)7(18-9(10,11)12)4(5)2-6(14)15/h3H,2H2,1H3,(H,13,16)(H,14,15). The first kappa shape index (κ1) is 13.9. The van der Waals surface area contributed by atoms with Crippen LogP contribution in [0, 0.1) is 0 Å². The van der Waals surface area contributed by atoms with E-state index in [1.807, 2.05) is 4.98 Å². The Morgan fingerprint density at radius 1 is 1.50 bits per heavy atom. The van der Waals surface area contributed by atoms with Gasteiger partial charge in [0.15, 0.2) is 0 Å². The van der Waals surface area contributed by atoms with Crippen molar-refractivity contribution in [3.05, 3.63) is 22.1 Å². The molecule has 0 fully saturated rings. The van der Waals surface area contributed by atoms with E-state index in [4.69, 9.17) is 5.11 Å². The molecule has 6 nitrogen and oxygen atoms in total. The zero-order valence-electron chi connectivity index (χ0n) is 9.00. The third kappa shape index (κ3) is 3.40. The second kappa shape index (κ2) is 4.98. The van der Waals surface area contributed by atoms with Gasteiger partial charge in [0.05, 0.1) is 19.1 Å². The van der Waals surface area contributed by atoms with E-state index in [-0.39, 0.29) is 5.75 Å². The Labute approximate surface area is 98.0 Å². The van der Waals surface area contributed by atoms with Crippen molar-refractivity contribution in [3.63, 3.8) is 0 Å². The van der Waals surface area contributed by atoms with E-state index in [2.05, 4.69) is 9.47 Å². The zero-order valence-corrected chi connectivity index (χ0v) is 9.00. The molecule has 1 rings (SSSR count). The van der Waals surface area contributed by atoms with E-state index in [9.17, 15) is 22.8 Å². The first-order chi connectivity index (χ1) is 8.24. The number of pyridine rings is 1. The number of ether oxygens (including phenoxy) is 2. The Bertz CT molecular complexity index is 508. The summed E-state index contributed by atoms with van der Waals surface area (Å²) in [5.41, 5.74) is -1.67. The minimum Gasteiger partial charge on any atom is -0.495 e. The Balaban J connectivity index is 3.35. The maximum absolute atomic E-state index is 12.1. The minimum atomic E-state index is -5.10. The smallest absolute Gasteiger partial charge is 0.495 e. The van der Waals surface area contributed by atoms with Crippen LogP contribution in [0.25, 0.3) is 0 Å². The SMILES string of the molecule is COc1c[nH]c(=O)c(OC(F)(F)F)c1CC(=O)O. The summed E-state index contributed by atoms with van der Waals surface area (Å²) >= 11 is 0. The van der Waals surface area contributed by atoms with Gasteiger partial charge in [-0.1, -0.05) is 0 Å². The first-order valence-electron chi connectivity index (χ1n) is 4.50. The molecule has 9 heteroatoms. The number of H-pyrrole nitrogens is 1. The molecule has 0 spiro atoms. The van der Waals surface area contributed by atoms with Crippen molar-refractivity contribution < 1.29 is 32.5 Å². The molecule has 1 heterocycles. The van der Waals surface area contributed by atoms with Gasteiger partial charge in [-0.25, -0.2) is 0 Å². The Morgan fingerprint density at radius 2 is 2.11 bits per heavy atom. The van der Waals surface area contributed by atoms with E-state index in [0.29, 0.717) is 0 Å². The maximum atomic E-state index is 12.1. The van der Waals surface area contributed by atoms with Gasteiger partial charge in [-0.2, -0.15) is 0 Å². The summed E-state index contributed by atoms with van der Waals surface area (Å²) in [5, 5.41) is 8.60. The van der Waals surface area contributed by atoms with Crippen LogP contribution in [0.5, 0.6) is 11.5 Å². The van der Waals surface area contributed by atoms with Gasteiger partial charge in [0.25, 0.3) is 5.56 Å². The normalized spacial score (nSPS) is 11.1. The number of hydrogen-bond acceptors (Lipinski definition) is 4. The highest BCUT2D eigenvalue weighted by atomic mass is 19.4. The van der Waals surface area contributed by atoms with Crippen LogP contribution in [0.2, 0.25) is 0 Å². The quantitative estimate of drug-likeness (QED) is 0.846. The van der Waals surface area contributed by atoms with Crippen LogP contribution < -0.4 is 15.0 Å². The van der Waals surface area contributed by atoms with Crippen LogP contribution in [0.1, 0.15) is 5.56 Å². The monoisotopic (exact) mass is 267 g/mol. The van der Waals surface area contributed by atoms with Crippen molar-refractivity contribution in [2.24, 2.45) is 0 Å². The number of aromatic amines is 1. The van der Waals surface area contributed by atoms with Gasteiger partial charge in [0.2, 0.25) is 5.75 Å². The first-order valence-corrected chi connectivity index (χ1v) is 4.50. The molecule has 0 aromatic carbocycles. The third-order valence-electron chi connectivity index (χ3n) is 1.88. The zero-order chi connectivity index (χ0) is 13.9. The molecule has 0 bridgehead atoms. The molecule has 0 aliphatic heterocycles. The highest BCUT2D eigenvalue weighted by Crippen LogP contribution is 2.29. The number of aliphatic carboxylic acids is 1. The van der Waals surface area contributed by atoms with Gasteiger partial charge in [0.1, 0.15) is 5.75 Å². The van der Waals surface area contributed by atoms with Crippen LogP contribution in [-0.2, 0) is 11.2 Å². The Hall–Kier alpha value is -2.19. The van der Waals surface area contributed by atoms with Crippen molar-refractivity contribution in [3.8, 4) is 11.5 Å². The molecule has 0 atom stereocenters. The average Bonchev–Trinajstić information content (AvgIpc) is 2.21. The van der Waals surface area contributed by atoms with Crippen molar-refractivity contribution in [1.29, 1.82) is 0 Å². The lowest BCUT2D eigenvalue weighted by Crippen LogP contribution is -2.25. The van der Waals surface area contributed by atoms with Gasteiger partial charge in [-0.05, 0) is 0 Å². The van der Waals surface area contributed by atoms with Crippen LogP contribution in [0.3, 0.4) is 0 Å². The average molecular weight is 267 g/mol. The van der Waals surface area contributed by atoms with Crippen LogP contribution in [-0.4, -0.2) is 29.5 Å². The molecule has 0 aliphatic rings. The molecular formula is C9H8F3NO5. The predicted molar refractivity (Wildman–Crippen MR) is 51.6 cm³/mol. The highest BCUT2D eigenvalue weighted by molar-refractivity contribution is 5.72. The van der Waals surface area contributed by atoms with Crippen LogP contribution in [0.15, 0.2) is 11.0 Å². The number of carbonyl (C=O) groups is 1. The number of nitrogens with one attached hydrogen (secondary N) is 1. The predicted octanol–water partition coefficient (Wildman–Crippen LogP) is 0.909. The van der Waals surface area contributed by atoms with Crippen LogP contribution in [0.4, 0.5) is 13.2 Å². The number of methoxy groups -OCH3 is 1. The third-order valence-corrected chi connectivity index (χ3v) is 1.88. The number of hydrogen-bond donors (Lipinski definition) is 2. The molecular weight excluding hydrogens is 259 g/mol. The molecule has 0 aliphatic carbocycles. The highest BCUT2D eigenvalue weighted by Gasteiger charge is 2.34. The molecule has 1 aromatic heterocycles. The number of rotatable bonds is 4. The van der Waals surface area contributed by atoms with Gasteiger partial charge in [-0.3, -0.25) is 9.59 Å². The van der Waals surface area contributed by atoms with Crippen molar-refractivity contribution >= 4 is 5.97 Å².